The number of unbranched alkanes of at least 4 members (excludes halogenated alkanes) is 8. The lowest BCUT2D eigenvalue weighted by Crippen LogP contribution is -2.39. The van der Waals surface area contributed by atoms with Crippen molar-refractivity contribution in [3.8, 4) is 0 Å². The van der Waals surface area contributed by atoms with E-state index in [1.54, 1.807) is 0 Å². The second-order valence-electron chi connectivity index (χ2n) is 8.15. The molecule has 7 heteroatoms. The maximum atomic E-state index is 12.1. The maximum absolute atomic E-state index is 12.1. The van der Waals surface area contributed by atoms with Crippen LogP contribution in [0.2, 0.25) is 0 Å². The standard InChI is InChI=1S/C21H41NO5S/c1-2-3-4-5-6-7-8-9-12-15-21(23)27-20(19-28(24,25)26)18-22-16-13-10-11-14-17-22/h20H,2-19H2,1H3,(H,24,25,26). The highest BCUT2D eigenvalue weighted by molar-refractivity contribution is 7.85. The van der Waals surface area contributed by atoms with Gasteiger partial charge in [0.2, 0.25) is 0 Å². The van der Waals surface area contributed by atoms with Crippen molar-refractivity contribution in [2.75, 3.05) is 25.4 Å². The number of ether oxygens (including phenoxy) is 1. The van der Waals surface area contributed by atoms with Gasteiger partial charge in [-0.15, -0.1) is 0 Å². The average molecular weight is 420 g/mol. The zero-order valence-corrected chi connectivity index (χ0v) is 18.6. The summed E-state index contributed by atoms with van der Waals surface area (Å²) in [6.45, 7) is 4.37. The fraction of sp³-hybridized carbons (Fsp3) is 0.952. The van der Waals surface area contributed by atoms with Gasteiger partial charge in [-0.05, 0) is 32.4 Å². The van der Waals surface area contributed by atoms with E-state index in [-0.39, 0.29) is 5.97 Å². The zero-order chi connectivity index (χ0) is 20.7. The molecule has 1 fully saturated rings. The molecule has 1 atom stereocenters. The van der Waals surface area contributed by atoms with Gasteiger partial charge in [0.05, 0.1) is 0 Å². The van der Waals surface area contributed by atoms with Crippen molar-refractivity contribution in [2.24, 2.45) is 0 Å². The fourth-order valence-electron chi connectivity index (χ4n) is 3.79. The number of hydrogen-bond donors (Lipinski definition) is 1. The summed E-state index contributed by atoms with van der Waals surface area (Å²) < 4.78 is 37.2. The molecule has 0 aromatic heterocycles. The molecule has 0 amide bonds. The topological polar surface area (TPSA) is 83.9 Å². The van der Waals surface area contributed by atoms with Crippen LogP contribution < -0.4 is 0 Å². The van der Waals surface area contributed by atoms with Crippen molar-refractivity contribution in [3.63, 3.8) is 0 Å². The Morgan fingerprint density at radius 3 is 2.00 bits per heavy atom. The quantitative estimate of drug-likeness (QED) is 0.238. The van der Waals surface area contributed by atoms with Crippen LogP contribution in [0, 0.1) is 0 Å². The fourth-order valence-corrected chi connectivity index (χ4v) is 4.43. The summed E-state index contributed by atoms with van der Waals surface area (Å²) in [7, 11) is -4.18. The predicted molar refractivity (Wildman–Crippen MR) is 113 cm³/mol. The van der Waals surface area contributed by atoms with E-state index < -0.39 is 22.0 Å². The third-order valence-corrected chi connectivity index (χ3v) is 6.13. The molecule has 1 unspecified atom stereocenters. The van der Waals surface area contributed by atoms with Gasteiger partial charge in [-0.3, -0.25) is 14.2 Å². The molecular weight excluding hydrogens is 378 g/mol. The van der Waals surface area contributed by atoms with E-state index in [1.807, 2.05) is 0 Å². The number of rotatable bonds is 15. The lowest BCUT2D eigenvalue weighted by Gasteiger charge is -2.25. The molecule has 1 N–H and O–H groups in total. The molecule has 1 rings (SSSR count). The highest BCUT2D eigenvalue weighted by Crippen LogP contribution is 2.14. The van der Waals surface area contributed by atoms with Crippen molar-refractivity contribution in [1.82, 2.24) is 4.90 Å². The number of hydrogen-bond acceptors (Lipinski definition) is 5. The Bertz CT molecular complexity index is 501. The first kappa shape index (κ1) is 25.4. The molecule has 0 aliphatic carbocycles. The van der Waals surface area contributed by atoms with E-state index in [0.717, 1.165) is 45.2 Å². The van der Waals surface area contributed by atoms with Crippen LogP contribution in [0.1, 0.15) is 96.8 Å². The lowest BCUT2D eigenvalue weighted by atomic mass is 10.1. The van der Waals surface area contributed by atoms with Gasteiger partial charge in [0, 0.05) is 13.0 Å². The van der Waals surface area contributed by atoms with E-state index in [4.69, 9.17) is 4.74 Å². The largest absolute Gasteiger partial charge is 0.460 e. The molecule has 0 saturated carbocycles. The second-order valence-corrected chi connectivity index (χ2v) is 9.65. The molecule has 1 heterocycles. The Morgan fingerprint density at radius 2 is 1.46 bits per heavy atom. The van der Waals surface area contributed by atoms with Gasteiger partial charge in [-0.25, -0.2) is 0 Å². The second kappa shape index (κ2) is 15.2. The molecule has 0 aromatic carbocycles. The first-order valence-electron chi connectivity index (χ1n) is 11.3. The van der Waals surface area contributed by atoms with E-state index in [0.29, 0.717) is 13.0 Å². The van der Waals surface area contributed by atoms with Crippen LogP contribution in [-0.2, 0) is 19.6 Å². The minimum Gasteiger partial charge on any atom is -0.460 e. The monoisotopic (exact) mass is 419 g/mol. The van der Waals surface area contributed by atoms with Crippen molar-refractivity contribution >= 4 is 16.1 Å². The molecule has 28 heavy (non-hydrogen) atoms. The van der Waals surface area contributed by atoms with Gasteiger partial charge in [-0.2, -0.15) is 8.42 Å². The van der Waals surface area contributed by atoms with Gasteiger partial charge >= 0.3 is 5.97 Å². The summed E-state index contributed by atoms with van der Waals surface area (Å²) in [4.78, 5) is 14.3. The Balaban J connectivity index is 2.26. The zero-order valence-electron chi connectivity index (χ0n) is 17.7. The molecule has 166 valence electrons. The van der Waals surface area contributed by atoms with E-state index in [1.165, 1.54) is 51.4 Å². The molecule has 0 aromatic rings. The molecular formula is C21H41NO5S. The average Bonchev–Trinajstić information content (AvgIpc) is 2.87. The van der Waals surface area contributed by atoms with Gasteiger partial charge < -0.3 is 4.74 Å². The molecule has 6 nitrogen and oxygen atoms in total. The van der Waals surface area contributed by atoms with Crippen molar-refractivity contribution in [2.45, 2.75) is 103 Å². The highest BCUT2D eigenvalue weighted by Gasteiger charge is 2.24. The summed E-state index contributed by atoms with van der Waals surface area (Å²) >= 11 is 0. The van der Waals surface area contributed by atoms with Crippen LogP contribution in [-0.4, -0.2) is 55.3 Å². The molecule has 1 saturated heterocycles. The summed E-state index contributed by atoms with van der Waals surface area (Å²) in [5, 5.41) is 0. The Morgan fingerprint density at radius 1 is 0.929 bits per heavy atom. The molecule has 0 radical (unpaired) electrons. The Kier molecular flexibility index (Phi) is 13.8. The van der Waals surface area contributed by atoms with Crippen LogP contribution in [0.5, 0.6) is 0 Å². The van der Waals surface area contributed by atoms with Gasteiger partial charge in [0.15, 0.2) is 0 Å². The molecule has 0 spiro atoms. The summed E-state index contributed by atoms with van der Waals surface area (Å²) in [5.74, 6) is -0.876. The minimum absolute atomic E-state index is 0.317. The van der Waals surface area contributed by atoms with E-state index in [2.05, 4.69) is 11.8 Å². The third-order valence-electron chi connectivity index (χ3n) is 5.34. The van der Waals surface area contributed by atoms with Crippen molar-refractivity contribution in [1.29, 1.82) is 0 Å². The van der Waals surface area contributed by atoms with Crippen molar-refractivity contribution in [3.05, 3.63) is 0 Å². The van der Waals surface area contributed by atoms with Gasteiger partial charge in [0.1, 0.15) is 11.9 Å². The molecule has 1 aliphatic rings. The van der Waals surface area contributed by atoms with Gasteiger partial charge in [-0.1, -0.05) is 71.1 Å². The van der Waals surface area contributed by atoms with E-state index in [9.17, 15) is 17.8 Å². The van der Waals surface area contributed by atoms with Crippen LogP contribution in [0.4, 0.5) is 0 Å². The SMILES string of the molecule is CCCCCCCCCCCC(=O)OC(CN1CCCCCC1)CS(=O)(=O)O. The highest BCUT2D eigenvalue weighted by atomic mass is 32.2. The summed E-state index contributed by atoms with van der Waals surface area (Å²) in [5.41, 5.74) is 0. The number of likely N-dealkylation sites (tertiary alicyclic amines) is 1. The number of esters is 1. The Labute approximate surface area is 172 Å². The maximum Gasteiger partial charge on any atom is 0.306 e. The number of carbonyl (C=O) groups is 1. The number of carbonyl (C=O) groups excluding carboxylic acids is 1. The van der Waals surface area contributed by atoms with E-state index >= 15 is 0 Å². The first-order chi connectivity index (χ1) is 13.4. The predicted octanol–water partition coefficient (Wildman–Crippen LogP) is 4.58. The smallest absolute Gasteiger partial charge is 0.306 e. The minimum atomic E-state index is -4.18. The Hall–Kier alpha value is -0.660. The normalized spacial score (nSPS) is 17.2. The van der Waals surface area contributed by atoms with Crippen LogP contribution in [0.15, 0.2) is 0 Å². The first-order valence-corrected chi connectivity index (χ1v) is 12.9. The summed E-state index contributed by atoms with van der Waals surface area (Å²) in [6, 6.07) is 0. The molecule has 1 aliphatic heterocycles. The number of nitrogens with zero attached hydrogens (tertiary/aromatic N) is 1. The summed E-state index contributed by atoms with van der Waals surface area (Å²) in [6.07, 6.45) is 14.6. The van der Waals surface area contributed by atoms with Crippen LogP contribution >= 0.6 is 0 Å². The third kappa shape index (κ3) is 14.4. The van der Waals surface area contributed by atoms with Crippen LogP contribution in [0.25, 0.3) is 0 Å². The molecule has 0 bridgehead atoms. The van der Waals surface area contributed by atoms with Gasteiger partial charge in [0.25, 0.3) is 10.1 Å². The van der Waals surface area contributed by atoms with Crippen LogP contribution in [0.3, 0.4) is 0 Å². The van der Waals surface area contributed by atoms with Crippen molar-refractivity contribution < 1.29 is 22.5 Å². The lowest BCUT2D eigenvalue weighted by molar-refractivity contribution is -0.149.